The van der Waals surface area contributed by atoms with Crippen LogP contribution in [0.1, 0.15) is 23.2 Å². The first-order valence-electron chi connectivity index (χ1n) is 8.16. The van der Waals surface area contributed by atoms with E-state index in [1.54, 1.807) is 12.1 Å². The first kappa shape index (κ1) is 24.3. The molecule has 0 saturated carbocycles. The van der Waals surface area contributed by atoms with Gasteiger partial charge < -0.3 is 19.1 Å². The number of benzene rings is 1. The normalized spacial score (nSPS) is 10.1. The molecular formula is C15H18N2O10S2. The van der Waals surface area contributed by atoms with E-state index >= 15 is 0 Å². The van der Waals surface area contributed by atoms with Crippen molar-refractivity contribution in [2.24, 2.45) is 0 Å². The molecule has 0 heterocycles. The minimum absolute atomic E-state index is 0.0247. The van der Waals surface area contributed by atoms with E-state index in [9.17, 15) is 29.8 Å². The van der Waals surface area contributed by atoms with Crippen LogP contribution in [0, 0.1) is 20.2 Å². The Kier molecular flexibility index (Phi) is 12.0. The molecule has 0 atom stereocenters. The lowest BCUT2D eigenvalue weighted by molar-refractivity contribution is -0.757. The van der Waals surface area contributed by atoms with E-state index in [-0.39, 0.29) is 44.0 Å². The van der Waals surface area contributed by atoms with Crippen molar-refractivity contribution in [1.82, 2.24) is 0 Å². The largest absolute Gasteiger partial charge is 0.461 e. The summed E-state index contributed by atoms with van der Waals surface area (Å²) in [6.07, 6.45) is -0.0285. The molecule has 0 spiro atoms. The second-order valence-electron chi connectivity index (χ2n) is 4.97. The van der Waals surface area contributed by atoms with Crippen LogP contribution in [0.5, 0.6) is 5.75 Å². The molecule has 0 aliphatic carbocycles. The quantitative estimate of drug-likeness (QED) is 0.0960. The molecule has 1 aromatic carbocycles. The van der Waals surface area contributed by atoms with Gasteiger partial charge in [-0.1, -0.05) is 33.7 Å². The molecule has 160 valence electrons. The third kappa shape index (κ3) is 11.6. The molecule has 0 fully saturated rings. The molecule has 0 unspecified atom stereocenters. The average molecular weight is 450 g/mol. The first-order chi connectivity index (χ1) is 13.9. The van der Waals surface area contributed by atoms with Crippen LogP contribution in [0.2, 0.25) is 0 Å². The molecule has 0 radical (unpaired) electrons. The first-order valence-corrected chi connectivity index (χ1v) is 10.6. The maximum Gasteiger partial charge on any atom is 0.341 e. The average Bonchev–Trinajstić information content (AvgIpc) is 2.67. The standard InChI is InChI=1S/C15H18N2O10S2/c18-14(6-3-7-25-16(20)21)27-13-5-2-1-4-12(13)15(19)24-8-10-28-29-11-9-26-17(22)23/h1-2,4-5H,3,6-11H2. The number of esters is 2. The Labute approximate surface area is 172 Å². The maximum atomic E-state index is 12.2. The third-order valence-electron chi connectivity index (χ3n) is 2.90. The number of ether oxygens (including phenoxy) is 2. The summed E-state index contributed by atoms with van der Waals surface area (Å²) >= 11 is 0. The molecule has 0 aliphatic rings. The van der Waals surface area contributed by atoms with Crippen LogP contribution in [0.25, 0.3) is 0 Å². The highest BCUT2D eigenvalue weighted by Crippen LogP contribution is 2.22. The fourth-order valence-corrected chi connectivity index (χ4v) is 3.41. The van der Waals surface area contributed by atoms with E-state index in [1.165, 1.54) is 33.7 Å². The van der Waals surface area contributed by atoms with Gasteiger partial charge in [-0.05, 0) is 18.6 Å². The van der Waals surface area contributed by atoms with Gasteiger partial charge in [0.15, 0.2) is 0 Å². The molecule has 29 heavy (non-hydrogen) atoms. The van der Waals surface area contributed by atoms with Crippen molar-refractivity contribution >= 4 is 33.5 Å². The number of rotatable bonds is 15. The third-order valence-corrected chi connectivity index (χ3v) is 5.23. The lowest BCUT2D eigenvalue weighted by Crippen LogP contribution is -2.14. The van der Waals surface area contributed by atoms with Gasteiger partial charge in [0, 0.05) is 17.9 Å². The van der Waals surface area contributed by atoms with Crippen molar-refractivity contribution in [1.29, 1.82) is 0 Å². The minimum atomic E-state index is -0.951. The predicted molar refractivity (Wildman–Crippen MR) is 102 cm³/mol. The van der Waals surface area contributed by atoms with Crippen LogP contribution < -0.4 is 4.74 Å². The molecule has 14 heteroatoms. The summed E-state index contributed by atoms with van der Waals surface area (Å²) in [6, 6.07) is 6.03. The van der Waals surface area contributed by atoms with Crippen molar-refractivity contribution in [3.63, 3.8) is 0 Å². The number of carbonyl (C=O) groups excluding carboxylic acids is 2. The maximum absolute atomic E-state index is 12.2. The zero-order valence-corrected chi connectivity index (χ0v) is 16.7. The lowest BCUT2D eigenvalue weighted by Gasteiger charge is -2.10. The topological polar surface area (TPSA) is 157 Å². The molecule has 0 N–H and O–H groups in total. The molecule has 0 aromatic heterocycles. The SMILES string of the molecule is O=C(CCCO[N+](=O)[O-])Oc1ccccc1C(=O)OCCSSCCO[N+](=O)[O-]. The van der Waals surface area contributed by atoms with E-state index in [2.05, 4.69) is 9.68 Å². The van der Waals surface area contributed by atoms with Gasteiger partial charge in [-0.15, -0.1) is 20.2 Å². The number of hydrogen-bond donors (Lipinski definition) is 0. The Balaban J connectivity index is 2.34. The second kappa shape index (κ2) is 14.3. The van der Waals surface area contributed by atoms with E-state index < -0.39 is 22.1 Å². The minimum Gasteiger partial charge on any atom is -0.461 e. The molecular weight excluding hydrogens is 432 g/mol. The molecule has 1 aromatic rings. The highest BCUT2D eigenvalue weighted by molar-refractivity contribution is 8.76. The summed E-state index contributed by atoms with van der Waals surface area (Å²) in [4.78, 5) is 52.2. The van der Waals surface area contributed by atoms with Gasteiger partial charge in [0.2, 0.25) is 0 Å². The smallest absolute Gasteiger partial charge is 0.341 e. The van der Waals surface area contributed by atoms with Crippen molar-refractivity contribution < 1.29 is 38.9 Å². The Morgan fingerprint density at radius 3 is 2.24 bits per heavy atom. The van der Waals surface area contributed by atoms with Gasteiger partial charge >= 0.3 is 11.9 Å². The van der Waals surface area contributed by atoms with Crippen molar-refractivity contribution in [3.05, 3.63) is 50.1 Å². The predicted octanol–water partition coefficient (Wildman–Crippen LogP) is 2.33. The van der Waals surface area contributed by atoms with Gasteiger partial charge in [-0.3, -0.25) is 4.79 Å². The summed E-state index contributed by atoms with van der Waals surface area (Å²) in [5.41, 5.74) is 0.0689. The molecule has 12 nitrogen and oxygen atoms in total. The number of carbonyl (C=O) groups is 2. The van der Waals surface area contributed by atoms with Crippen LogP contribution in [0.4, 0.5) is 0 Å². The summed E-state index contributed by atoms with van der Waals surface area (Å²) in [5, 5.41) is 18.2. The van der Waals surface area contributed by atoms with Crippen LogP contribution in [-0.2, 0) is 19.2 Å². The molecule has 1 rings (SSSR count). The van der Waals surface area contributed by atoms with E-state index in [4.69, 9.17) is 9.47 Å². The van der Waals surface area contributed by atoms with E-state index in [0.29, 0.717) is 11.5 Å². The Morgan fingerprint density at radius 1 is 0.931 bits per heavy atom. The second-order valence-corrected chi connectivity index (χ2v) is 7.67. The molecule has 0 amide bonds. The molecule has 0 aliphatic heterocycles. The van der Waals surface area contributed by atoms with Crippen LogP contribution in [0.15, 0.2) is 24.3 Å². The van der Waals surface area contributed by atoms with Gasteiger partial charge in [0.1, 0.15) is 24.5 Å². The van der Waals surface area contributed by atoms with Crippen molar-refractivity contribution in [2.75, 3.05) is 31.3 Å². The highest BCUT2D eigenvalue weighted by atomic mass is 33.1. The Hall–Kier alpha value is -2.74. The molecule has 0 bridgehead atoms. The summed E-state index contributed by atoms with van der Waals surface area (Å²) in [7, 11) is 2.70. The van der Waals surface area contributed by atoms with E-state index in [1.807, 2.05) is 0 Å². The van der Waals surface area contributed by atoms with Gasteiger partial charge in [-0.2, -0.15) is 0 Å². The van der Waals surface area contributed by atoms with Gasteiger partial charge in [0.25, 0.3) is 10.2 Å². The number of nitrogens with zero attached hydrogens (tertiary/aromatic N) is 2. The van der Waals surface area contributed by atoms with Crippen LogP contribution in [0.3, 0.4) is 0 Å². The van der Waals surface area contributed by atoms with Gasteiger partial charge in [0.05, 0.1) is 6.61 Å². The van der Waals surface area contributed by atoms with Crippen LogP contribution in [-0.4, -0.2) is 53.4 Å². The van der Waals surface area contributed by atoms with Gasteiger partial charge in [-0.25, -0.2) is 4.79 Å². The monoisotopic (exact) mass is 450 g/mol. The fraction of sp³-hybridized carbons (Fsp3) is 0.467. The Morgan fingerprint density at radius 2 is 1.55 bits per heavy atom. The zero-order valence-electron chi connectivity index (χ0n) is 15.1. The van der Waals surface area contributed by atoms with E-state index in [0.717, 1.165) is 0 Å². The fourth-order valence-electron chi connectivity index (χ4n) is 1.76. The summed E-state index contributed by atoms with van der Waals surface area (Å²) < 4.78 is 10.2. The number of para-hydroxylation sites is 1. The summed E-state index contributed by atoms with van der Waals surface area (Å²) in [6.45, 7) is -0.173. The summed E-state index contributed by atoms with van der Waals surface area (Å²) in [5.74, 6) is -0.455. The van der Waals surface area contributed by atoms with Crippen LogP contribution >= 0.6 is 21.6 Å². The molecule has 0 saturated heterocycles. The highest BCUT2D eigenvalue weighted by Gasteiger charge is 2.16. The lowest BCUT2D eigenvalue weighted by atomic mass is 10.2. The Bertz CT molecular complexity index is 703. The zero-order chi connectivity index (χ0) is 21.5. The number of hydrogen-bond acceptors (Lipinski definition) is 12. The van der Waals surface area contributed by atoms with Crippen molar-refractivity contribution in [2.45, 2.75) is 12.8 Å². The van der Waals surface area contributed by atoms with Crippen molar-refractivity contribution in [3.8, 4) is 5.75 Å².